The van der Waals surface area contributed by atoms with E-state index in [1.165, 1.54) is 0 Å². The van der Waals surface area contributed by atoms with Crippen molar-refractivity contribution in [3.63, 3.8) is 0 Å². The maximum Gasteiger partial charge on any atom is 0.204 e. The van der Waals surface area contributed by atoms with Crippen molar-refractivity contribution in [2.45, 2.75) is 13.1 Å². The van der Waals surface area contributed by atoms with Crippen molar-refractivity contribution in [1.82, 2.24) is 35.5 Å². The van der Waals surface area contributed by atoms with Crippen LogP contribution in [-0.4, -0.2) is 44.3 Å². The van der Waals surface area contributed by atoms with Crippen LogP contribution in [0.25, 0.3) is 0 Å². The molecule has 2 N–H and O–H groups in total. The van der Waals surface area contributed by atoms with E-state index in [-0.39, 0.29) is 0 Å². The molecule has 0 aliphatic heterocycles. The van der Waals surface area contributed by atoms with Gasteiger partial charge in [-0.25, -0.2) is 4.98 Å². The van der Waals surface area contributed by atoms with Crippen LogP contribution in [0.3, 0.4) is 0 Å². The van der Waals surface area contributed by atoms with Crippen molar-refractivity contribution in [3.05, 3.63) is 17.7 Å². The topological polar surface area (TPSA) is 87.6 Å². The first-order valence-corrected chi connectivity index (χ1v) is 5.29. The fraction of sp³-hybridized carbons (Fsp3) is 0.556. The molecule has 0 atom stereocenters. The summed E-state index contributed by atoms with van der Waals surface area (Å²) >= 11 is 0. The summed E-state index contributed by atoms with van der Waals surface area (Å²) in [5.74, 6) is 1.58. The van der Waals surface area contributed by atoms with Crippen molar-refractivity contribution in [3.8, 4) is 0 Å². The number of H-pyrrole nitrogens is 1. The first kappa shape index (κ1) is 11.5. The Morgan fingerprint density at radius 3 is 2.82 bits per heavy atom. The largest absolute Gasteiger partial charge is 0.348 e. The average Bonchev–Trinajstić information content (AvgIpc) is 2.89. The van der Waals surface area contributed by atoms with E-state index >= 15 is 0 Å². The van der Waals surface area contributed by atoms with Crippen LogP contribution < -0.4 is 10.2 Å². The highest BCUT2D eigenvalue weighted by molar-refractivity contribution is 5.30. The Morgan fingerprint density at radius 1 is 1.41 bits per heavy atom. The van der Waals surface area contributed by atoms with Crippen molar-refractivity contribution in [1.29, 1.82) is 0 Å². The zero-order valence-corrected chi connectivity index (χ0v) is 10.2. The third-order valence-corrected chi connectivity index (χ3v) is 2.44. The smallest absolute Gasteiger partial charge is 0.204 e. The van der Waals surface area contributed by atoms with Crippen molar-refractivity contribution in [2.24, 2.45) is 7.05 Å². The van der Waals surface area contributed by atoms with E-state index in [9.17, 15) is 0 Å². The molecule has 2 aromatic heterocycles. The molecule has 0 amide bonds. The van der Waals surface area contributed by atoms with Crippen LogP contribution in [0, 0.1) is 0 Å². The predicted molar refractivity (Wildman–Crippen MR) is 62.3 cm³/mol. The summed E-state index contributed by atoms with van der Waals surface area (Å²) in [6, 6.07) is 0. The molecule has 0 fully saturated rings. The summed E-state index contributed by atoms with van der Waals surface area (Å²) in [5, 5.41) is 16.9. The zero-order valence-electron chi connectivity index (χ0n) is 10.2. The minimum atomic E-state index is 0.582. The standard InChI is InChI=1S/C9H16N8/c1-16(2)9-11-5-7(17(9)3)4-10-6-8-12-14-15-13-8/h5,10H,4,6H2,1-3H3,(H,12,13,14,15). The molecular weight excluding hydrogens is 220 g/mol. The molecule has 17 heavy (non-hydrogen) atoms. The van der Waals surface area contributed by atoms with Gasteiger partial charge in [-0.1, -0.05) is 5.21 Å². The summed E-state index contributed by atoms with van der Waals surface area (Å²) in [7, 11) is 5.94. The fourth-order valence-corrected chi connectivity index (χ4v) is 1.57. The number of rotatable bonds is 5. The van der Waals surface area contributed by atoms with Gasteiger partial charge in [-0.05, 0) is 0 Å². The van der Waals surface area contributed by atoms with Crippen LogP contribution in [0.1, 0.15) is 11.5 Å². The van der Waals surface area contributed by atoms with Gasteiger partial charge in [-0.15, -0.1) is 10.2 Å². The molecule has 0 aliphatic rings. The first-order valence-electron chi connectivity index (χ1n) is 5.29. The summed E-state index contributed by atoms with van der Waals surface area (Å²) in [6.45, 7) is 1.30. The summed E-state index contributed by atoms with van der Waals surface area (Å²) in [5.41, 5.74) is 1.11. The normalized spacial score (nSPS) is 10.8. The summed E-state index contributed by atoms with van der Waals surface area (Å²) in [4.78, 5) is 6.30. The molecule has 2 aromatic rings. The molecule has 0 bridgehead atoms. The van der Waals surface area contributed by atoms with Crippen LogP contribution >= 0.6 is 0 Å². The zero-order chi connectivity index (χ0) is 12.3. The van der Waals surface area contributed by atoms with Crippen LogP contribution in [0.4, 0.5) is 5.95 Å². The Labute approximate surface area is 99.0 Å². The van der Waals surface area contributed by atoms with E-state index in [1.54, 1.807) is 0 Å². The summed E-state index contributed by atoms with van der Waals surface area (Å²) in [6.07, 6.45) is 1.86. The molecule has 92 valence electrons. The number of imidazole rings is 1. The quantitative estimate of drug-likeness (QED) is 0.713. The lowest BCUT2D eigenvalue weighted by Gasteiger charge is -2.12. The van der Waals surface area contributed by atoms with Crippen LogP contribution in [0.5, 0.6) is 0 Å². The van der Waals surface area contributed by atoms with Gasteiger partial charge < -0.3 is 14.8 Å². The van der Waals surface area contributed by atoms with Gasteiger partial charge in [0.1, 0.15) is 0 Å². The molecule has 0 aromatic carbocycles. The Hall–Kier alpha value is -1.96. The van der Waals surface area contributed by atoms with Gasteiger partial charge in [-0.3, -0.25) is 0 Å². The number of nitrogens with zero attached hydrogens (tertiary/aromatic N) is 6. The third-order valence-electron chi connectivity index (χ3n) is 2.44. The van der Waals surface area contributed by atoms with Gasteiger partial charge in [0.2, 0.25) is 5.95 Å². The molecule has 8 heteroatoms. The highest BCUT2D eigenvalue weighted by Gasteiger charge is 2.07. The maximum atomic E-state index is 4.33. The molecular formula is C9H16N8. The monoisotopic (exact) mass is 236 g/mol. The van der Waals surface area contributed by atoms with Crippen LogP contribution in [0.2, 0.25) is 0 Å². The minimum absolute atomic E-state index is 0.582. The SMILES string of the molecule is CN(C)c1ncc(CNCc2nn[nH]n2)n1C. The van der Waals surface area contributed by atoms with Gasteiger partial charge in [0, 0.05) is 27.7 Å². The van der Waals surface area contributed by atoms with Gasteiger partial charge in [0.25, 0.3) is 0 Å². The number of aromatic amines is 1. The third kappa shape index (κ3) is 2.59. The van der Waals surface area contributed by atoms with E-state index in [0.717, 1.165) is 11.6 Å². The minimum Gasteiger partial charge on any atom is -0.348 e. The fourth-order valence-electron chi connectivity index (χ4n) is 1.57. The Balaban J connectivity index is 1.91. The van der Waals surface area contributed by atoms with Gasteiger partial charge in [0.05, 0.1) is 18.4 Å². The Kier molecular flexibility index (Phi) is 3.33. The maximum absolute atomic E-state index is 4.33. The van der Waals surface area contributed by atoms with Gasteiger partial charge in [-0.2, -0.15) is 5.21 Å². The van der Waals surface area contributed by atoms with E-state index < -0.39 is 0 Å². The molecule has 0 aliphatic carbocycles. The summed E-state index contributed by atoms with van der Waals surface area (Å²) < 4.78 is 2.04. The highest BCUT2D eigenvalue weighted by Crippen LogP contribution is 2.10. The molecule has 0 radical (unpaired) electrons. The number of nitrogens with one attached hydrogen (secondary N) is 2. The lowest BCUT2D eigenvalue weighted by atomic mass is 10.4. The molecule has 0 spiro atoms. The second kappa shape index (κ2) is 4.91. The lowest BCUT2D eigenvalue weighted by molar-refractivity contribution is 0.633. The highest BCUT2D eigenvalue weighted by atomic mass is 15.5. The van der Waals surface area contributed by atoms with Crippen LogP contribution in [0.15, 0.2) is 6.20 Å². The van der Waals surface area contributed by atoms with E-state index in [2.05, 4.69) is 30.9 Å². The number of hydrogen-bond acceptors (Lipinski definition) is 6. The van der Waals surface area contributed by atoms with Crippen molar-refractivity contribution >= 4 is 5.95 Å². The van der Waals surface area contributed by atoms with Gasteiger partial charge in [0.15, 0.2) is 5.82 Å². The van der Waals surface area contributed by atoms with Crippen molar-refractivity contribution < 1.29 is 0 Å². The van der Waals surface area contributed by atoms with E-state index in [4.69, 9.17) is 0 Å². The Morgan fingerprint density at radius 2 is 2.24 bits per heavy atom. The molecule has 0 unspecified atom stereocenters. The second-order valence-electron chi connectivity index (χ2n) is 3.93. The van der Waals surface area contributed by atoms with Gasteiger partial charge >= 0.3 is 0 Å². The first-order chi connectivity index (χ1) is 8.18. The molecule has 8 nitrogen and oxygen atoms in total. The average molecular weight is 236 g/mol. The number of tetrazole rings is 1. The molecule has 2 rings (SSSR count). The number of anilines is 1. The Bertz CT molecular complexity index is 457. The number of aromatic nitrogens is 6. The molecule has 0 saturated carbocycles. The predicted octanol–water partition coefficient (Wildman–Crippen LogP) is -0.711. The van der Waals surface area contributed by atoms with Crippen LogP contribution in [-0.2, 0) is 20.1 Å². The lowest BCUT2D eigenvalue weighted by Crippen LogP contribution is -2.18. The number of hydrogen-bond donors (Lipinski definition) is 2. The van der Waals surface area contributed by atoms with E-state index in [0.29, 0.717) is 18.9 Å². The van der Waals surface area contributed by atoms with E-state index in [1.807, 2.05) is 36.8 Å². The van der Waals surface area contributed by atoms with Crippen molar-refractivity contribution in [2.75, 3.05) is 19.0 Å². The molecule has 2 heterocycles. The second-order valence-corrected chi connectivity index (χ2v) is 3.93. The molecule has 0 saturated heterocycles.